The Morgan fingerprint density at radius 1 is 1.05 bits per heavy atom. The minimum absolute atomic E-state index is 0.428. The van der Waals surface area contributed by atoms with Gasteiger partial charge in [-0.05, 0) is 24.3 Å². The average molecular weight is 259 g/mol. The van der Waals surface area contributed by atoms with Gasteiger partial charge in [-0.3, -0.25) is 4.79 Å². The fourth-order valence-corrected chi connectivity index (χ4v) is 1.53. The summed E-state index contributed by atoms with van der Waals surface area (Å²) in [5, 5.41) is 2.56. The van der Waals surface area contributed by atoms with Crippen molar-refractivity contribution in [2.75, 3.05) is 19.5 Å². The molecule has 1 N–H and O–H groups in total. The van der Waals surface area contributed by atoms with Gasteiger partial charge in [0, 0.05) is 11.3 Å². The first-order valence-electron chi connectivity index (χ1n) is 5.54. The maximum absolute atomic E-state index is 10.3. The Morgan fingerprint density at radius 3 is 2.11 bits per heavy atom. The number of carbonyl (C=O) groups excluding carboxylic acids is 1. The van der Waals surface area contributed by atoms with Crippen molar-refractivity contribution in [3.63, 3.8) is 0 Å². The van der Waals surface area contributed by atoms with Crippen LogP contribution in [0.5, 0.6) is 11.8 Å². The van der Waals surface area contributed by atoms with Crippen molar-refractivity contribution in [2.45, 2.75) is 0 Å². The molecule has 2 rings (SSSR count). The van der Waals surface area contributed by atoms with E-state index in [1.165, 1.54) is 14.2 Å². The first-order chi connectivity index (χ1) is 9.26. The predicted octanol–water partition coefficient (Wildman–Crippen LogP) is 1.73. The van der Waals surface area contributed by atoms with Gasteiger partial charge in [0.25, 0.3) is 0 Å². The molecule has 0 aliphatic carbocycles. The highest BCUT2D eigenvalue weighted by Gasteiger charge is 2.07. The Balaban J connectivity index is 2.37. The molecule has 0 fully saturated rings. The topological polar surface area (TPSA) is 73.3 Å². The molecule has 0 aliphatic rings. The second-order valence-corrected chi connectivity index (χ2v) is 3.62. The lowest BCUT2D eigenvalue weighted by Crippen LogP contribution is -1.97. The normalized spacial score (nSPS) is 9.79. The Bertz CT molecular complexity index is 548. The smallest absolute Gasteiger partial charge is 0.220 e. The molecule has 1 heterocycles. The molecule has 1 aromatic carbocycles. The number of amides is 1. The Kier molecular flexibility index (Phi) is 3.92. The van der Waals surface area contributed by atoms with Crippen molar-refractivity contribution in [1.29, 1.82) is 0 Å². The maximum Gasteiger partial charge on any atom is 0.220 e. The lowest BCUT2D eigenvalue weighted by Gasteiger charge is -2.07. The van der Waals surface area contributed by atoms with E-state index in [9.17, 15) is 4.79 Å². The first kappa shape index (κ1) is 12.8. The van der Waals surface area contributed by atoms with Crippen LogP contribution in [0.2, 0.25) is 0 Å². The summed E-state index contributed by atoms with van der Waals surface area (Å²) in [5.41, 5.74) is 1.50. The van der Waals surface area contributed by atoms with Gasteiger partial charge in [0.15, 0.2) is 5.82 Å². The molecule has 0 saturated heterocycles. The number of aromatic nitrogens is 2. The zero-order valence-corrected chi connectivity index (χ0v) is 10.6. The molecule has 0 aliphatic heterocycles. The SMILES string of the molecule is COc1cc(OC)nc(-c2ccc(NC=O)cc2)n1. The number of rotatable bonds is 5. The maximum atomic E-state index is 10.3. The summed E-state index contributed by atoms with van der Waals surface area (Å²) in [5.74, 6) is 1.35. The predicted molar refractivity (Wildman–Crippen MR) is 70.3 cm³/mol. The Hall–Kier alpha value is -2.63. The van der Waals surface area contributed by atoms with Gasteiger partial charge in [-0.1, -0.05) is 0 Å². The minimum atomic E-state index is 0.428. The van der Waals surface area contributed by atoms with Crippen molar-refractivity contribution in [1.82, 2.24) is 9.97 Å². The quantitative estimate of drug-likeness (QED) is 0.828. The van der Waals surface area contributed by atoms with E-state index >= 15 is 0 Å². The molecule has 0 atom stereocenters. The van der Waals surface area contributed by atoms with Crippen LogP contribution >= 0.6 is 0 Å². The van der Waals surface area contributed by atoms with Gasteiger partial charge in [0.2, 0.25) is 18.2 Å². The summed E-state index contributed by atoms with van der Waals surface area (Å²) in [6.07, 6.45) is 0.625. The number of methoxy groups -OCH3 is 2. The van der Waals surface area contributed by atoms with Gasteiger partial charge < -0.3 is 14.8 Å². The molecule has 0 saturated carbocycles. The number of benzene rings is 1. The van der Waals surface area contributed by atoms with Crippen LogP contribution in [0.4, 0.5) is 5.69 Å². The van der Waals surface area contributed by atoms with Gasteiger partial charge in [-0.15, -0.1) is 0 Å². The summed E-state index contributed by atoms with van der Waals surface area (Å²) in [4.78, 5) is 18.8. The number of hydrogen-bond donors (Lipinski definition) is 1. The molecular weight excluding hydrogens is 246 g/mol. The Labute approximate surface area is 110 Å². The number of anilines is 1. The molecule has 98 valence electrons. The third kappa shape index (κ3) is 2.98. The largest absolute Gasteiger partial charge is 0.481 e. The van der Waals surface area contributed by atoms with E-state index < -0.39 is 0 Å². The van der Waals surface area contributed by atoms with Gasteiger partial charge in [0.1, 0.15) is 0 Å². The first-order valence-corrected chi connectivity index (χ1v) is 5.54. The van der Waals surface area contributed by atoms with E-state index in [1.54, 1.807) is 30.3 Å². The van der Waals surface area contributed by atoms with E-state index in [2.05, 4.69) is 15.3 Å². The molecule has 6 heteroatoms. The van der Waals surface area contributed by atoms with E-state index in [1.807, 2.05) is 0 Å². The van der Waals surface area contributed by atoms with Crippen LogP contribution in [0.1, 0.15) is 0 Å². The van der Waals surface area contributed by atoms with Crippen molar-refractivity contribution < 1.29 is 14.3 Å². The van der Waals surface area contributed by atoms with Gasteiger partial charge in [0.05, 0.1) is 20.3 Å². The highest BCUT2D eigenvalue weighted by atomic mass is 16.5. The van der Waals surface area contributed by atoms with E-state index in [-0.39, 0.29) is 0 Å². The summed E-state index contributed by atoms with van der Waals surface area (Å²) < 4.78 is 10.2. The summed E-state index contributed by atoms with van der Waals surface area (Å²) in [6.45, 7) is 0. The highest BCUT2D eigenvalue weighted by Crippen LogP contribution is 2.23. The number of ether oxygens (including phenoxy) is 2. The molecule has 1 amide bonds. The molecule has 0 radical (unpaired) electrons. The molecule has 1 aromatic heterocycles. The molecule has 19 heavy (non-hydrogen) atoms. The van der Waals surface area contributed by atoms with E-state index in [0.29, 0.717) is 29.7 Å². The van der Waals surface area contributed by atoms with E-state index in [4.69, 9.17) is 9.47 Å². The fourth-order valence-electron chi connectivity index (χ4n) is 1.53. The van der Waals surface area contributed by atoms with Crippen molar-refractivity contribution in [2.24, 2.45) is 0 Å². The standard InChI is InChI=1S/C13H13N3O3/c1-18-11-7-12(19-2)16-13(15-11)9-3-5-10(6-4-9)14-8-17/h3-8H,1-2H3,(H,14,17). The van der Waals surface area contributed by atoms with Crippen LogP contribution in [-0.4, -0.2) is 30.6 Å². The average Bonchev–Trinajstić information content (AvgIpc) is 2.47. The molecule has 2 aromatic rings. The minimum Gasteiger partial charge on any atom is -0.481 e. The zero-order valence-electron chi connectivity index (χ0n) is 10.6. The lowest BCUT2D eigenvalue weighted by molar-refractivity contribution is -0.105. The molecule has 0 spiro atoms. The Morgan fingerprint density at radius 2 is 1.63 bits per heavy atom. The number of carbonyl (C=O) groups is 1. The highest BCUT2D eigenvalue weighted by molar-refractivity contribution is 5.72. The lowest BCUT2D eigenvalue weighted by atomic mass is 10.2. The summed E-state index contributed by atoms with van der Waals surface area (Å²) in [7, 11) is 3.06. The van der Waals surface area contributed by atoms with Crippen LogP contribution in [-0.2, 0) is 4.79 Å². The van der Waals surface area contributed by atoms with Gasteiger partial charge in [-0.2, -0.15) is 9.97 Å². The van der Waals surface area contributed by atoms with Crippen molar-refractivity contribution in [3.05, 3.63) is 30.3 Å². The number of hydrogen-bond acceptors (Lipinski definition) is 5. The van der Waals surface area contributed by atoms with E-state index in [0.717, 1.165) is 5.56 Å². The molecular formula is C13H13N3O3. The van der Waals surface area contributed by atoms with Crippen LogP contribution < -0.4 is 14.8 Å². The third-order valence-electron chi connectivity index (χ3n) is 2.47. The summed E-state index contributed by atoms with van der Waals surface area (Å²) in [6, 6.07) is 8.74. The second-order valence-electron chi connectivity index (χ2n) is 3.62. The van der Waals surface area contributed by atoms with Crippen LogP contribution in [0.3, 0.4) is 0 Å². The third-order valence-corrected chi connectivity index (χ3v) is 2.47. The van der Waals surface area contributed by atoms with Gasteiger partial charge >= 0.3 is 0 Å². The second kappa shape index (κ2) is 5.81. The number of nitrogens with one attached hydrogen (secondary N) is 1. The molecule has 0 unspecified atom stereocenters. The van der Waals surface area contributed by atoms with Gasteiger partial charge in [-0.25, -0.2) is 0 Å². The number of nitrogens with zero attached hydrogens (tertiary/aromatic N) is 2. The van der Waals surface area contributed by atoms with Crippen LogP contribution in [0.15, 0.2) is 30.3 Å². The summed E-state index contributed by atoms with van der Waals surface area (Å²) >= 11 is 0. The zero-order chi connectivity index (χ0) is 13.7. The van der Waals surface area contributed by atoms with Crippen LogP contribution in [0.25, 0.3) is 11.4 Å². The fraction of sp³-hybridized carbons (Fsp3) is 0.154. The molecule has 0 bridgehead atoms. The van der Waals surface area contributed by atoms with Crippen molar-refractivity contribution >= 4 is 12.1 Å². The monoisotopic (exact) mass is 259 g/mol. The molecule has 6 nitrogen and oxygen atoms in total. The van der Waals surface area contributed by atoms with Crippen LogP contribution in [0, 0.1) is 0 Å². The van der Waals surface area contributed by atoms with Crippen molar-refractivity contribution in [3.8, 4) is 23.1 Å².